The van der Waals surface area contributed by atoms with Gasteiger partial charge < -0.3 is 9.64 Å². The molecule has 2 heterocycles. The second-order valence-electron chi connectivity index (χ2n) is 8.33. The molecule has 1 aliphatic heterocycles. The Bertz CT molecular complexity index is 1260. The van der Waals surface area contributed by atoms with Crippen LogP contribution in [0.15, 0.2) is 41.2 Å². The Morgan fingerprint density at radius 2 is 1.70 bits per heavy atom. The van der Waals surface area contributed by atoms with Crippen LogP contribution in [-0.4, -0.2) is 29.8 Å². The van der Waals surface area contributed by atoms with Crippen LogP contribution < -0.4 is 15.2 Å². The van der Waals surface area contributed by atoms with Crippen molar-refractivity contribution in [3.8, 4) is 34.2 Å². The van der Waals surface area contributed by atoms with E-state index in [1.807, 2.05) is 0 Å². The van der Waals surface area contributed by atoms with Crippen molar-refractivity contribution in [2.45, 2.75) is 19.8 Å². The molecule has 0 amide bonds. The topological polar surface area (TPSA) is 71.2 Å². The van der Waals surface area contributed by atoms with Gasteiger partial charge in [0.15, 0.2) is 17.4 Å². The fourth-order valence-electron chi connectivity index (χ4n) is 4.15. The number of aromatic nitrogens is 2. The molecule has 0 saturated carbocycles. The van der Waals surface area contributed by atoms with Crippen LogP contribution in [0.2, 0.25) is 0 Å². The summed E-state index contributed by atoms with van der Waals surface area (Å²) in [5.41, 5.74) is 1.07. The van der Waals surface area contributed by atoms with Crippen molar-refractivity contribution in [3.63, 3.8) is 0 Å². The molecule has 4 rings (SSSR count). The fourth-order valence-corrected chi connectivity index (χ4v) is 4.15. The van der Waals surface area contributed by atoms with Gasteiger partial charge in [0, 0.05) is 25.7 Å². The first kappa shape index (κ1) is 22.5. The minimum absolute atomic E-state index is 0.0667. The zero-order chi connectivity index (χ0) is 23.7. The van der Waals surface area contributed by atoms with Crippen LogP contribution >= 0.6 is 0 Å². The number of rotatable bonds is 4. The van der Waals surface area contributed by atoms with Crippen LogP contribution in [0.1, 0.15) is 25.3 Å². The van der Waals surface area contributed by atoms with E-state index in [1.54, 1.807) is 31.3 Å². The standard InChI is InChI=1S/C25H24F2N4O2/c1-15-8-10-31(11-9-15)25-29-22(17-6-4-16(14-28)5-7-17)21(24(32)30(25)2)18-12-19(26)23(33-3)20(27)13-18/h4-7,12-13,15H,8-11H2,1-3H3. The van der Waals surface area contributed by atoms with Crippen molar-refractivity contribution in [3.05, 3.63) is 63.9 Å². The lowest BCUT2D eigenvalue weighted by atomic mass is 9.98. The molecule has 0 aliphatic carbocycles. The molecule has 0 N–H and O–H groups in total. The third-order valence-electron chi connectivity index (χ3n) is 6.11. The highest BCUT2D eigenvalue weighted by Gasteiger charge is 2.25. The summed E-state index contributed by atoms with van der Waals surface area (Å²) < 4.78 is 35.3. The molecule has 1 fully saturated rings. The number of ether oxygens (including phenoxy) is 1. The molecule has 2 aromatic carbocycles. The number of anilines is 1. The van der Waals surface area contributed by atoms with E-state index in [2.05, 4.69) is 17.9 Å². The second-order valence-corrected chi connectivity index (χ2v) is 8.33. The number of halogens is 2. The van der Waals surface area contributed by atoms with Gasteiger partial charge in [-0.2, -0.15) is 5.26 Å². The first-order valence-corrected chi connectivity index (χ1v) is 10.7. The Morgan fingerprint density at radius 1 is 1.09 bits per heavy atom. The summed E-state index contributed by atoms with van der Waals surface area (Å²) in [5, 5.41) is 9.14. The first-order valence-electron chi connectivity index (χ1n) is 10.7. The molecule has 0 atom stereocenters. The van der Waals surface area contributed by atoms with Crippen molar-refractivity contribution in [1.29, 1.82) is 5.26 Å². The number of hydrogen-bond acceptors (Lipinski definition) is 5. The van der Waals surface area contributed by atoms with Crippen LogP contribution in [0.5, 0.6) is 5.75 Å². The molecule has 6 nitrogen and oxygen atoms in total. The van der Waals surface area contributed by atoms with E-state index >= 15 is 0 Å². The van der Waals surface area contributed by atoms with Gasteiger partial charge in [-0.1, -0.05) is 19.1 Å². The molecule has 1 saturated heterocycles. The average molecular weight is 450 g/mol. The Morgan fingerprint density at radius 3 is 2.24 bits per heavy atom. The average Bonchev–Trinajstić information content (AvgIpc) is 2.81. The van der Waals surface area contributed by atoms with Gasteiger partial charge in [-0.3, -0.25) is 9.36 Å². The van der Waals surface area contributed by atoms with Crippen LogP contribution in [0.3, 0.4) is 0 Å². The Balaban J connectivity index is 1.96. The van der Waals surface area contributed by atoms with Crippen molar-refractivity contribution in [2.24, 2.45) is 13.0 Å². The van der Waals surface area contributed by atoms with Crippen LogP contribution in [0.25, 0.3) is 22.4 Å². The summed E-state index contributed by atoms with van der Waals surface area (Å²) >= 11 is 0. The van der Waals surface area contributed by atoms with Crippen molar-refractivity contribution in [2.75, 3.05) is 25.1 Å². The minimum atomic E-state index is -0.908. The van der Waals surface area contributed by atoms with Gasteiger partial charge in [0.25, 0.3) is 5.56 Å². The monoisotopic (exact) mass is 450 g/mol. The first-order chi connectivity index (χ1) is 15.8. The second kappa shape index (κ2) is 9.02. The van der Waals surface area contributed by atoms with E-state index in [0.717, 1.165) is 38.1 Å². The quantitative estimate of drug-likeness (QED) is 0.585. The number of methoxy groups -OCH3 is 1. The molecule has 0 radical (unpaired) electrons. The lowest BCUT2D eigenvalue weighted by Gasteiger charge is -2.32. The zero-order valence-corrected chi connectivity index (χ0v) is 18.7. The summed E-state index contributed by atoms with van der Waals surface area (Å²) in [6, 6.07) is 10.8. The molecule has 170 valence electrons. The minimum Gasteiger partial charge on any atom is -0.491 e. The maximum atomic E-state index is 14.5. The number of nitriles is 1. The molecular formula is C25H24F2N4O2. The predicted molar refractivity (Wildman–Crippen MR) is 122 cm³/mol. The lowest BCUT2D eigenvalue weighted by Crippen LogP contribution is -2.38. The highest BCUT2D eigenvalue weighted by atomic mass is 19.1. The fraction of sp³-hybridized carbons (Fsp3) is 0.320. The van der Waals surface area contributed by atoms with E-state index < -0.39 is 22.9 Å². The normalized spacial score (nSPS) is 14.2. The van der Waals surface area contributed by atoms with E-state index in [1.165, 1.54) is 11.7 Å². The maximum absolute atomic E-state index is 14.5. The van der Waals surface area contributed by atoms with Crippen LogP contribution in [-0.2, 0) is 7.05 Å². The molecule has 3 aromatic rings. The van der Waals surface area contributed by atoms with Crippen molar-refractivity contribution in [1.82, 2.24) is 9.55 Å². The molecular weight excluding hydrogens is 426 g/mol. The SMILES string of the molecule is COc1c(F)cc(-c2c(-c3ccc(C#N)cc3)nc(N3CCC(C)CC3)n(C)c2=O)cc1F. The Labute approximate surface area is 190 Å². The van der Waals surface area contributed by atoms with Gasteiger partial charge in [-0.25, -0.2) is 13.8 Å². The molecule has 1 aliphatic rings. The van der Waals surface area contributed by atoms with E-state index in [4.69, 9.17) is 15.0 Å². The molecule has 0 bridgehead atoms. The largest absolute Gasteiger partial charge is 0.491 e. The number of nitrogens with zero attached hydrogens (tertiary/aromatic N) is 4. The Kier molecular flexibility index (Phi) is 6.14. The van der Waals surface area contributed by atoms with E-state index in [-0.39, 0.29) is 11.1 Å². The van der Waals surface area contributed by atoms with Gasteiger partial charge in [-0.15, -0.1) is 0 Å². The summed E-state index contributed by atoms with van der Waals surface area (Å²) in [5.74, 6) is -1.23. The highest BCUT2D eigenvalue weighted by molar-refractivity contribution is 5.81. The third-order valence-corrected chi connectivity index (χ3v) is 6.11. The highest BCUT2D eigenvalue weighted by Crippen LogP contribution is 2.34. The van der Waals surface area contributed by atoms with E-state index in [0.29, 0.717) is 28.7 Å². The van der Waals surface area contributed by atoms with Crippen molar-refractivity contribution >= 4 is 5.95 Å². The smallest absolute Gasteiger partial charge is 0.263 e. The van der Waals surface area contributed by atoms with Crippen LogP contribution in [0, 0.1) is 28.9 Å². The molecule has 0 unspecified atom stereocenters. The third kappa shape index (κ3) is 4.19. The molecule has 8 heteroatoms. The zero-order valence-electron chi connectivity index (χ0n) is 18.7. The predicted octanol–water partition coefficient (Wildman–Crippen LogP) is 4.51. The summed E-state index contributed by atoms with van der Waals surface area (Å²) in [6.07, 6.45) is 1.97. The summed E-state index contributed by atoms with van der Waals surface area (Å²) in [4.78, 5) is 20.4. The van der Waals surface area contributed by atoms with Gasteiger partial charge in [0.2, 0.25) is 5.95 Å². The van der Waals surface area contributed by atoms with Gasteiger partial charge in [0.1, 0.15) is 0 Å². The number of piperidine rings is 1. The van der Waals surface area contributed by atoms with E-state index in [9.17, 15) is 13.6 Å². The number of benzene rings is 2. The summed E-state index contributed by atoms with van der Waals surface area (Å²) in [6.45, 7) is 3.72. The van der Waals surface area contributed by atoms with Gasteiger partial charge in [-0.05, 0) is 48.6 Å². The lowest BCUT2D eigenvalue weighted by molar-refractivity contribution is 0.360. The summed E-state index contributed by atoms with van der Waals surface area (Å²) in [7, 11) is 2.79. The van der Waals surface area contributed by atoms with Gasteiger partial charge in [0.05, 0.1) is 30.0 Å². The Hall–Kier alpha value is -3.73. The molecule has 1 aromatic heterocycles. The number of hydrogen-bond donors (Lipinski definition) is 0. The van der Waals surface area contributed by atoms with Gasteiger partial charge >= 0.3 is 0 Å². The maximum Gasteiger partial charge on any atom is 0.263 e. The van der Waals surface area contributed by atoms with Crippen LogP contribution in [0.4, 0.5) is 14.7 Å². The molecule has 33 heavy (non-hydrogen) atoms. The van der Waals surface area contributed by atoms with Crippen molar-refractivity contribution < 1.29 is 13.5 Å². The molecule has 0 spiro atoms.